The first-order valence-electron chi connectivity index (χ1n) is 16.3. The van der Waals surface area contributed by atoms with Crippen LogP contribution >= 0.6 is 7.05 Å². The van der Waals surface area contributed by atoms with Gasteiger partial charge in [0.05, 0.1) is 52.8 Å². The Hall–Kier alpha value is -4.67. The molecule has 0 aliphatic carbocycles. The van der Waals surface area contributed by atoms with Crippen LogP contribution in [0.15, 0.2) is 132 Å². The molecule has 2 atom stereocenters. The van der Waals surface area contributed by atoms with Gasteiger partial charge in [0, 0.05) is 15.9 Å². The van der Waals surface area contributed by atoms with Gasteiger partial charge in [-0.2, -0.15) is 0 Å². The van der Waals surface area contributed by atoms with Gasteiger partial charge in [-0.15, -0.1) is 0 Å². The fraction of sp³-hybridized carbons (Fsp3) is 0.268. The molecule has 0 heterocycles. The van der Waals surface area contributed by atoms with Gasteiger partial charge in [-0.3, -0.25) is 4.74 Å². The number of ether oxygens (including phenoxy) is 3. The van der Waals surface area contributed by atoms with Crippen molar-refractivity contribution in [3.8, 4) is 17.2 Å². The van der Waals surface area contributed by atoms with E-state index in [2.05, 4.69) is 124 Å². The van der Waals surface area contributed by atoms with Crippen LogP contribution in [0, 0.1) is 5.41 Å². The lowest BCUT2D eigenvalue weighted by Gasteiger charge is -2.35. The molecule has 0 saturated carbocycles. The Labute approximate surface area is 286 Å². The fourth-order valence-corrected chi connectivity index (χ4v) is 9.58. The molecule has 0 amide bonds. The van der Waals surface area contributed by atoms with Crippen molar-refractivity contribution in [2.75, 3.05) is 27.9 Å². The van der Waals surface area contributed by atoms with Crippen LogP contribution < -0.4 is 40.8 Å². The maximum absolute atomic E-state index is 5.79. The fourth-order valence-electron chi connectivity index (χ4n) is 6.05. The lowest BCUT2D eigenvalue weighted by Crippen LogP contribution is -2.45. The van der Waals surface area contributed by atoms with E-state index in [1.165, 1.54) is 16.3 Å². The highest BCUT2D eigenvalue weighted by Crippen LogP contribution is 2.47. The summed E-state index contributed by atoms with van der Waals surface area (Å²) in [5.74, 6) is 3.18. The Morgan fingerprint density at radius 3 is 1.58 bits per heavy atom. The van der Waals surface area contributed by atoms with Gasteiger partial charge in [0.15, 0.2) is 0 Å². The SMILES string of the molecule is C=C(N[C@@H](C)c1cccc2ccccc12)N[C@@H](CN=P(c1ccc(OC)cc1)(c1ccc(OC)cc1)c1ccc(OC)cc1)C(C)(C)C. The molecule has 0 bridgehead atoms. The molecule has 5 aromatic rings. The van der Waals surface area contributed by atoms with E-state index in [0.717, 1.165) is 39.0 Å². The molecule has 7 heteroatoms. The van der Waals surface area contributed by atoms with Crippen molar-refractivity contribution in [1.29, 1.82) is 0 Å². The molecule has 0 unspecified atom stereocenters. The summed E-state index contributed by atoms with van der Waals surface area (Å²) >= 11 is 0. The van der Waals surface area contributed by atoms with E-state index in [9.17, 15) is 0 Å². The number of nitrogens with zero attached hydrogens (tertiary/aromatic N) is 1. The number of benzene rings is 5. The van der Waals surface area contributed by atoms with E-state index in [1.54, 1.807) is 21.3 Å². The monoisotopic (exact) mass is 661 g/mol. The van der Waals surface area contributed by atoms with Crippen LogP contribution in [-0.4, -0.2) is 33.9 Å². The van der Waals surface area contributed by atoms with Gasteiger partial charge in [0.1, 0.15) is 17.2 Å². The molecule has 6 nitrogen and oxygen atoms in total. The van der Waals surface area contributed by atoms with Gasteiger partial charge in [-0.05, 0) is 101 Å². The molecule has 250 valence electrons. The standard InChI is InChI=1S/C41H48N3O3P/c1-29(38-15-11-13-31-12-9-10-14-39(31)38)43-30(2)44-40(41(3,4)5)28-42-48(35-22-16-32(45-6)17-23-35,36-24-18-33(46-7)19-25-36)37-26-20-34(47-8)21-27-37/h9-27,29,40,43-44H,2,28H2,1,3-8H3/t29-,40-/m0/s1. The summed E-state index contributed by atoms with van der Waals surface area (Å²) in [7, 11) is 2.53. The van der Waals surface area contributed by atoms with E-state index >= 15 is 0 Å². The number of rotatable bonds is 13. The molecule has 0 aliphatic rings. The van der Waals surface area contributed by atoms with Crippen LogP contribution in [0.4, 0.5) is 0 Å². The van der Waals surface area contributed by atoms with Crippen LogP contribution in [0.3, 0.4) is 0 Å². The van der Waals surface area contributed by atoms with Gasteiger partial charge < -0.3 is 24.8 Å². The Morgan fingerprint density at radius 2 is 1.12 bits per heavy atom. The second kappa shape index (κ2) is 15.0. The zero-order valence-electron chi connectivity index (χ0n) is 29.2. The van der Waals surface area contributed by atoms with Crippen LogP contribution in [0.2, 0.25) is 0 Å². The normalized spacial score (nSPS) is 12.9. The lowest BCUT2D eigenvalue weighted by atomic mass is 9.87. The molecule has 0 fully saturated rings. The predicted octanol–water partition coefficient (Wildman–Crippen LogP) is 8.17. The summed E-state index contributed by atoms with van der Waals surface area (Å²) in [6.07, 6.45) is 0. The summed E-state index contributed by atoms with van der Waals surface area (Å²) in [6.45, 7) is 13.9. The summed E-state index contributed by atoms with van der Waals surface area (Å²) in [4.78, 5) is 0. The molecule has 0 aromatic heterocycles. The minimum Gasteiger partial charge on any atom is -0.497 e. The summed E-state index contributed by atoms with van der Waals surface area (Å²) in [6, 6.07) is 40.0. The van der Waals surface area contributed by atoms with Crippen molar-refractivity contribution >= 4 is 33.7 Å². The van der Waals surface area contributed by atoms with Crippen molar-refractivity contribution in [3.05, 3.63) is 133 Å². The van der Waals surface area contributed by atoms with Gasteiger partial charge in [-0.25, -0.2) is 0 Å². The Kier molecular flexibility index (Phi) is 10.9. The first-order valence-corrected chi connectivity index (χ1v) is 18.0. The molecular formula is C41H48N3O3P. The number of fused-ring (bicyclic) bond motifs is 1. The summed E-state index contributed by atoms with van der Waals surface area (Å²) < 4.78 is 22.4. The lowest BCUT2D eigenvalue weighted by molar-refractivity contribution is 0.284. The first-order chi connectivity index (χ1) is 23.1. The zero-order chi connectivity index (χ0) is 34.3. The molecule has 2 N–H and O–H groups in total. The van der Waals surface area contributed by atoms with Crippen LogP contribution in [0.1, 0.15) is 39.3 Å². The molecule has 5 aromatic carbocycles. The number of hydrogen-bond donors (Lipinski definition) is 2. The summed E-state index contributed by atoms with van der Waals surface area (Å²) in [5.41, 5.74) is 1.10. The van der Waals surface area contributed by atoms with E-state index in [4.69, 9.17) is 19.0 Å². The van der Waals surface area contributed by atoms with Gasteiger partial charge in [-0.1, -0.05) is 69.8 Å². The topological polar surface area (TPSA) is 64.1 Å². The van der Waals surface area contributed by atoms with Crippen LogP contribution in [-0.2, 0) is 0 Å². The van der Waals surface area contributed by atoms with E-state index < -0.39 is 7.05 Å². The van der Waals surface area contributed by atoms with E-state index in [-0.39, 0.29) is 17.5 Å². The minimum absolute atomic E-state index is 0.0219. The molecule has 5 rings (SSSR count). The van der Waals surface area contributed by atoms with Crippen molar-refractivity contribution in [3.63, 3.8) is 0 Å². The number of nitrogens with one attached hydrogen (secondary N) is 2. The zero-order valence-corrected chi connectivity index (χ0v) is 30.1. The average Bonchev–Trinajstić information content (AvgIpc) is 3.11. The second-order valence-corrected chi connectivity index (χ2v) is 16.1. The first kappa shape index (κ1) is 34.7. The van der Waals surface area contributed by atoms with Crippen LogP contribution in [0.25, 0.3) is 10.8 Å². The van der Waals surface area contributed by atoms with Crippen molar-refractivity contribution in [2.24, 2.45) is 10.2 Å². The highest BCUT2D eigenvalue weighted by atomic mass is 31.2. The molecule has 48 heavy (non-hydrogen) atoms. The third kappa shape index (κ3) is 7.55. The molecular weight excluding hydrogens is 613 g/mol. The van der Waals surface area contributed by atoms with Gasteiger partial charge in [0.2, 0.25) is 0 Å². The highest BCUT2D eigenvalue weighted by molar-refractivity contribution is 7.87. The molecule has 0 aliphatic heterocycles. The molecule has 0 radical (unpaired) electrons. The third-order valence-electron chi connectivity index (χ3n) is 8.89. The number of hydrogen-bond acceptors (Lipinski definition) is 6. The maximum Gasteiger partial charge on any atom is 0.118 e. The quantitative estimate of drug-likeness (QED) is 0.125. The Bertz CT molecular complexity index is 1750. The third-order valence-corrected chi connectivity index (χ3v) is 12.6. The summed E-state index contributed by atoms with van der Waals surface area (Å²) in [5, 5.41) is 13.2. The average molecular weight is 662 g/mol. The smallest absolute Gasteiger partial charge is 0.118 e. The Balaban J connectivity index is 1.57. The Morgan fingerprint density at radius 1 is 0.667 bits per heavy atom. The predicted molar refractivity (Wildman–Crippen MR) is 203 cm³/mol. The van der Waals surface area contributed by atoms with E-state index in [1.807, 2.05) is 36.4 Å². The van der Waals surface area contributed by atoms with Crippen molar-refractivity contribution < 1.29 is 14.2 Å². The largest absolute Gasteiger partial charge is 0.497 e. The van der Waals surface area contributed by atoms with Crippen LogP contribution in [0.5, 0.6) is 17.2 Å². The van der Waals surface area contributed by atoms with E-state index in [0.29, 0.717) is 6.54 Å². The molecule has 0 saturated heterocycles. The molecule has 0 spiro atoms. The van der Waals surface area contributed by atoms with Crippen molar-refractivity contribution in [2.45, 2.75) is 39.8 Å². The van der Waals surface area contributed by atoms with Crippen molar-refractivity contribution in [1.82, 2.24) is 10.6 Å². The van der Waals surface area contributed by atoms with Gasteiger partial charge in [0.25, 0.3) is 0 Å². The second-order valence-electron chi connectivity index (χ2n) is 13.0. The minimum atomic E-state index is -2.55. The maximum atomic E-state index is 5.79. The highest BCUT2D eigenvalue weighted by Gasteiger charge is 2.31. The van der Waals surface area contributed by atoms with Gasteiger partial charge >= 0.3 is 0 Å². The number of methoxy groups -OCH3 is 3.